The van der Waals surface area contributed by atoms with Crippen molar-refractivity contribution in [3.63, 3.8) is 0 Å². The van der Waals surface area contributed by atoms with Crippen LogP contribution in [0.2, 0.25) is 0 Å². The lowest BCUT2D eigenvalue weighted by Gasteiger charge is -2.39. The Bertz CT molecular complexity index is 1490. The molecule has 38 heavy (non-hydrogen) atoms. The van der Waals surface area contributed by atoms with Crippen LogP contribution in [0.5, 0.6) is 0 Å². The summed E-state index contributed by atoms with van der Waals surface area (Å²) in [6, 6.07) is 15.1. The summed E-state index contributed by atoms with van der Waals surface area (Å²) < 4.78 is 28.3. The van der Waals surface area contributed by atoms with Crippen LogP contribution < -0.4 is 4.72 Å². The van der Waals surface area contributed by atoms with Crippen molar-refractivity contribution in [2.24, 2.45) is 0 Å². The smallest absolute Gasteiger partial charge is 0.272 e. The van der Waals surface area contributed by atoms with E-state index in [1.54, 1.807) is 77.6 Å². The van der Waals surface area contributed by atoms with Crippen LogP contribution in [0.25, 0.3) is 6.08 Å². The van der Waals surface area contributed by atoms with Gasteiger partial charge >= 0.3 is 0 Å². The Balaban J connectivity index is 1.25. The molecule has 2 amide bonds. The molecule has 0 saturated carbocycles. The normalized spacial score (nSPS) is 21.1. The molecule has 1 fully saturated rings. The van der Waals surface area contributed by atoms with Gasteiger partial charge in [-0.2, -0.15) is 0 Å². The fourth-order valence-electron chi connectivity index (χ4n) is 4.95. The van der Waals surface area contributed by atoms with Crippen molar-refractivity contribution in [1.82, 2.24) is 19.8 Å². The molecule has 1 N–H and O–H groups in total. The molecule has 2 unspecified atom stereocenters. The standard InChI is InChI=1S/C28H29N5O4S/c1-20-19-32(17-18-33(20)27(35)24-9-3-4-15-29-24)26(34)22-10-12-23(13-11-22)31-38(36,37)28(2)14-5-7-21-8-6-16-30-25(21)28/h3-13,15-16,20,31H,14,17-19H2,1-2H3. The number of amides is 2. The number of hydrogen-bond acceptors (Lipinski definition) is 6. The van der Waals surface area contributed by atoms with Crippen LogP contribution >= 0.6 is 0 Å². The minimum atomic E-state index is -3.85. The fourth-order valence-corrected chi connectivity index (χ4v) is 6.36. The van der Waals surface area contributed by atoms with Crippen LogP contribution in [0.15, 0.2) is 73.1 Å². The Labute approximate surface area is 222 Å². The van der Waals surface area contributed by atoms with Crippen molar-refractivity contribution in [3.8, 4) is 0 Å². The Morgan fingerprint density at radius 2 is 1.74 bits per heavy atom. The van der Waals surface area contributed by atoms with Crippen molar-refractivity contribution in [2.75, 3.05) is 24.4 Å². The van der Waals surface area contributed by atoms with Gasteiger partial charge in [0.25, 0.3) is 11.8 Å². The topological polar surface area (TPSA) is 113 Å². The van der Waals surface area contributed by atoms with E-state index in [2.05, 4.69) is 14.7 Å². The molecular formula is C28H29N5O4S. The Hall–Kier alpha value is -4.05. The molecular weight excluding hydrogens is 502 g/mol. The number of allylic oxidation sites excluding steroid dienone is 1. The van der Waals surface area contributed by atoms with Crippen LogP contribution in [0.3, 0.4) is 0 Å². The Kier molecular flexibility index (Phi) is 6.75. The van der Waals surface area contributed by atoms with Crippen molar-refractivity contribution in [1.29, 1.82) is 0 Å². The van der Waals surface area contributed by atoms with E-state index in [0.717, 1.165) is 5.56 Å². The van der Waals surface area contributed by atoms with Crippen molar-refractivity contribution in [3.05, 3.63) is 95.6 Å². The predicted molar refractivity (Wildman–Crippen MR) is 145 cm³/mol. The number of hydrogen-bond donors (Lipinski definition) is 1. The van der Waals surface area contributed by atoms with Gasteiger partial charge in [-0.25, -0.2) is 8.42 Å². The first kappa shape index (κ1) is 25.6. The van der Waals surface area contributed by atoms with E-state index in [4.69, 9.17) is 0 Å². The summed E-state index contributed by atoms with van der Waals surface area (Å²) in [5.41, 5.74) is 2.49. The van der Waals surface area contributed by atoms with Crippen LogP contribution in [0.4, 0.5) is 5.69 Å². The van der Waals surface area contributed by atoms with Crippen molar-refractivity contribution < 1.29 is 18.0 Å². The van der Waals surface area contributed by atoms with Crippen molar-refractivity contribution >= 4 is 33.6 Å². The molecule has 9 nitrogen and oxygen atoms in total. The summed E-state index contributed by atoms with van der Waals surface area (Å²) >= 11 is 0. The van der Waals surface area contributed by atoms with Gasteiger partial charge in [-0.15, -0.1) is 0 Å². The molecule has 10 heteroatoms. The summed E-state index contributed by atoms with van der Waals surface area (Å²) in [5.74, 6) is -0.319. The molecule has 3 heterocycles. The summed E-state index contributed by atoms with van der Waals surface area (Å²) in [7, 11) is -3.85. The molecule has 0 bridgehead atoms. The van der Waals surface area contributed by atoms with E-state index in [1.807, 2.05) is 25.1 Å². The highest BCUT2D eigenvalue weighted by Gasteiger charge is 2.44. The average molecular weight is 532 g/mol. The molecule has 2 atom stereocenters. The number of pyridine rings is 2. The second kappa shape index (κ2) is 10.0. The minimum absolute atomic E-state index is 0.151. The summed E-state index contributed by atoms with van der Waals surface area (Å²) in [6.45, 7) is 4.77. The maximum absolute atomic E-state index is 13.4. The first-order chi connectivity index (χ1) is 18.2. The maximum atomic E-state index is 13.4. The summed E-state index contributed by atoms with van der Waals surface area (Å²) in [6.07, 6.45) is 7.21. The van der Waals surface area contributed by atoms with Gasteiger partial charge in [0.1, 0.15) is 10.4 Å². The highest BCUT2D eigenvalue weighted by atomic mass is 32.2. The van der Waals surface area contributed by atoms with E-state index in [-0.39, 0.29) is 17.9 Å². The monoisotopic (exact) mass is 531 g/mol. The number of nitrogens with one attached hydrogen (secondary N) is 1. The lowest BCUT2D eigenvalue weighted by atomic mass is 9.92. The molecule has 2 aromatic heterocycles. The van der Waals surface area contributed by atoms with E-state index in [9.17, 15) is 18.0 Å². The molecule has 1 aliphatic heterocycles. The minimum Gasteiger partial charge on any atom is -0.335 e. The highest BCUT2D eigenvalue weighted by Crippen LogP contribution is 2.39. The SMILES string of the molecule is CC1CN(C(=O)c2ccc(NS(=O)(=O)C3(C)CC=Cc4cccnc43)cc2)CCN1C(=O)c1ccccn1. The number of aromatic nitrogens is 2. The second-order valence-corrected chi connectivity index (χ2v) is 11.9. The number of carbonyl (C=O) groups excluding carboxylic acids is 2. The van der Waals surface area contributed by atoms with Crippen molar-refractivity contribution in [2.45, 2.75) is 31.1 Å². The van der Waals surface area contributed by atoms with Gasteiger partial charge in [0.2, 0.25) is 10.0 Å². The largest absolute Gasteiger partial charge is 0.335 e. The van der Waals surface area contributed by atoms with Gasteiger partial charge in [-0.1, -0.05) is 24.3 Å². The zero-order chi connectivity index (χ0) is 26.9. The third kappa shape index (κ3) is 4.67. The molecule has 5 rings (SSSR count). The predicted octanol–water partition coefficient (Wildman–Crippen LogP) is 3.54. The molecule has 2 aliphatic rings. The molecule has 3 aromatic rings. The number of benzene rings is 1. The molecule has 0 spiro atoms. The zero-order valence-electron chi connectivity index (χ0n) is 21.2. The summed E-state index contributed by atoms with van der Waals surface area (Å²) in [4.78, 5) is 37.9. The third-order valence-corrected chi connectivity index (χ3v) is 9.23. The Morgan fingerprint density at radius 1 is 0.974 bits per heavy atom. The molecule has 1 aliphatic carbocycles. The lowest BCUT2D eigenvalue weighted by molar-refractivity contribution is 0.0411. The number of carbonyl (C=O) groups is 2. The van der Waals surface area contributed by atoms with Crippen LogP contribution in [-0.2, 0) is 14.8 Å². The number of rotatable bonds is 5. The lowest BCUT2D eigenvalue weighted by Crippen LogP contribution is -2.55. The van der Waals surface area contributed by atoms with E-state index in [0.29, 0.717) is 48.7 Å². The van der Waals surface area contributed by atoms with Gasteiger partial charge in [0, 0.05) is 49.3 Å². The van der Waals surface area contributed by atoms with E-state index >= 15 is 0 Å². The van der Waals surface area contributed by atoms with E-state index < -0.39 is 14.8 Å². The molecule has 1 saturated heterocycles. The van der Waals surface area contributed by atoms with E-state index in [1.165, 1.54) is 0 Å². The zero-order valence-corrected chi connectivity index (χ0v) is 22.1. The molecule has 196 valence electrons. The number of nitrogens with zero attached hydrogens (tertiary/aromatic N) is 4. The Morgan fingerprint density at radius 3 is 2.45 bits per heavy atom. The number of sulfonamides is 1. The highest BCUT2D eigenvalue weighted by molar-refractivity contribution is 7.93. The third-order valence-electron chi connectivity index (χ3n) is 7.18. The number of fused-ring (bicyclic) bond motifs is 1. The van der Waals surface area contributed by atoms with Gasteiger partial charge in [0.15, 0.2) is 0 Å². The first-order valence-corrected chi connectivity index (χ1v) is 13.9. The van der Waals surface area contributed by atoms with Crippen LogP contribution in [0, 0.1) is 0 Å². The van der Waals surface area contributed by atoms with Gasteiger partial charge < -0.3 is 9.80 Å². The van der Waals surface area contributed by atoms with Gasteiger partial charge in [0.05, 0.1) is 5.69 Å². The quantitative estimate of drug-likeness (QED) is 0.539. The average Bonchev–Trinajstić information content (AvgIpc) is 2.93. The maximum Gasteiger partial charge on any atom is 0.272 e. The second-order valence-electron chi connectivity index (χ2n) is 9.78. The van der Waals surface area contributed by atoms with Gasteiger partial charge in [-0.05, 0) is 68.3 Å². The number of piperazine rings is 1. The first-order valence-electron chi connectivity index (χ1n) is 12.5. The van der Waals surface area contributed by atoms with Crippen LogP contribution in [0.1, 0.15) is 52.4 Å². The summed E-state index contributed by atoms with van der Waals surface area (Å²) in [5, 5.41) is 0. The number of anilines is 1. The van der Waals surface area contributed by atoms with Crippen LogP contribution in [-0.4, -0.2) is 65.7 Å². The molecule has 1 aromatic carbocycles. The fraction of sp³-hybridized carbons (Fsp3) is 0.286. The van der Waals surface area contributed by atoms with Gasteiger partial charge in [-0.3, -0.25) is 24.3 Å². The molecule has 0 radical (unpaired) electrons.